The fourth-order valence-corrected chi connectivity index (χ4v) is 4.92. The van der Waals surface area contributed by atoms with Gasteiger partial charge in [-0.3, -0.25) is 14.5 Å². The number of amides is 2. The molecular weight excluding hydrogens is 388 g/mol. The van der Waals surface area contributed by atoms with Gasteiger partial charge in [-0.15, -0.1) is 0 Å². The number of hydrogen-bond donors (Lipinski definition) is 0. The number of likely N-dealkylation sites (N-methyl/N-ethyl adjacent to an activating group) is 1. The Morgan fingerprint density at radius 1 is 1.31 bits per heavy atom. The molecule has 29 heavy (non-hydrogen) atoms. The van der Waals surface area contributed by atoms with Gasteiger partial charge in [-0.2, -0.15) is 0 Å². The SMILES string of the molecule is CCN1c2ccc(/C=C3\SC(=O)N(C(C)C(=O)OC)C3=O)cc2C(C)=CC1(C)C. The summed E-state index contributed by atoms with van der Waals surface area (Å²) in [6.07, 6.45) is 3.95. The normalized spacial score (nSPS) is 20.6. The predicted octanol–water partition coefficient (Wildman–Crippen LogP) is 4.31. The van der Waals surface area contributed by atoms with E-state index >= 15 is 0 Å². The van der Waals surface area contributed by atoms with Gasteiger partial charge >= 0.3 is 5.97 Å². The second-order valence-electron chi connectivity index (χ2n) is 7.75. The maximum atomic E-state index is 12.7. The average Bonchev–Trinajstić information content (AvgIpc) is 2.93. The van der Waals surface area contributed by atoms with Crippen molar-refractivity contribution in [3.05, 3.63) is 40.3 Å². The van der Waals surface area contributed by atoms with Crippen molar-refractivity contribution in [3.8, 4) is 0 Å². The number of allylic oxidation sites excluding steroid dienone is 1. The van der Waals surface area contributed by atoms with E-state index in [1.807, 2.05) is 12.1 Å². The number of thioether (sulfide) groups is 1. The third-order valence-corrected chi connectivity index (χ3v) is 6.25. The van der Waals surface area contributed by atoms with Crippen LogP contribution >= 0.6 is 11.8 Å². The Hall–Kier alpha value is -2.54. The topological polar surface area (TPSA) is 66.9 Å². The van der Waals surface area contributed by atoms with Crippen LogP contribution in [0.4, 0.5) is 10.5 Å². The predicted molar refractivity (Wildman–Crippen MR) is 116 cm³/mol. The first kappa shape index (κ1) is 21.2. The van der Waals surface area contributed by atoms with E-state index in [1.54, 1.807) is 6.08 Å². The van der Waals surface area contributed by atoms with Crippen LogP contribution in [0.3, 0.4) is 0 Å². The summed E-state index contributed by atoms with van der Waals surface area (Å²) in [5.74, 6) is -1.09. The number of ether oxygens (including phenoxy) is 1. The van der Waals surface area contributed by atoms with Crippen LogP contribution in [0.15, 0.2) is 29.2 Å². The standard InChI is InChI=1S/C22H26N2O4S/c1-7-23-17-9-8-15(10-16(17)13(2)12-22(23,4)5)11-18-19(25)24(21(27)29-18)14(3)20(26)28-6/h8-12,14H,7H2,1-6H3/b18-11-. The molecule has 1 unspecified atom stereocenters. The molecule has 3 rings (SSSR count). The van der Waals surface area contributed by atoms with Gasteiger partial charge in [-0.25, -0.2) is 4.79 Å². The Morgan fingerprint density at radius 2 is 2.00 bits per heavy atom. The summed E-state index contributed by atoms with van der Waals surface area (Å²) in [5.41, 5.74) is 4.21. The Labute approximate surface area is 175 Å². The molecule has 1 fully saturated rings. The van der Waals surface area contributed by atoms with Crippen molar-refractivity contribution in [2.24, 2.45) is 0 Å². The molecule has 1 aromatic rings. The first-order valence-corrected chi connectivity index (χ1v) is 10.4. The first-order valence-electron chi connectivity index (χ1n) is 9.57. The summed E-state index contributed by atoms with van der Waals surface area (Å²) in [6, 6.07) is 5.10. The van der Waals surface area contributed by atoms with Crippen LogP contribution in [0.2, 0.25) is 0 Å². The van der Waals surface area contributed by atoms with E-state index in [1.165, 1.54) is 19.6 Å². The highest BCUT2D eigenvalue weighted by molar-refractivity contribution is 8.18. The minimum absolute atomic E-state index is 0.0694. The molecular formula is C22H26N2O4S. The number of benzene rings is 1. The van der Waals surface area contributed by atoms with Crippen LogP contribution in [0.1, 0.15) is 45.7 Å². The molecule has 2 amide bonds. The maximum absolute atomic E-state index is 12.7. The van der Waals surface area contributed by atoms with Gasteiger partial charge in [0.1, 0.15) is 6.04 Å². The summed E-state index contributed by atoms with van der Waals surface area (Å²) in [5, 5.41) is -0.466. The number of methoxy groups -OCH3 is 1. The van der Waals surface area contributed by atoms with Gasteiger partial charge < -0.3 is 9.64 Å². The van der Waals surface area contributed by atoms with Crippen molar-refractivity contribution >= 4 is 46.2 Å². The Balaban J connectivity index is 1.95. The Bertz CT molecular complexity index is 948. The molecule has 2 heterocycles. The molecule has 0 saturated carbocycles. The molecule has 0 aliphatic carbocycles. The molecule has 154 valence electrons. The Kier molecular flexibility index (Phi) is 5.63. The van der Waals surface area contributed by atoms with Crippen molar-refractivity contribution in [3.63, 3.8) is 0 Å². The lowest BCUT2D eigenvalue weighted by atomic mass is 9.88. The van der Waals surface area contributed by atoms with Crippen molar-refractivity contribution in [2.75, 3.05) is 18.6 Å². The van der Waals surface area contributed by atoms with Gasteiger partial charge in [0.2, 0.25) is 0 Å². The second kappa shape index (κ2) is 7.71. The lowest BCUT2D eigenvalue weighted by Gasteiger charge is -2.42. The van der Waals surface area contributed by atoms with Gasteiger partial charge in [0.05, 0.1) is 17.6 Å². The number of carbonyl (C=O) groups is 3. The van der Waals surface area contributed by atoms with Crippen molar-refractivity contribution in [1.82, 2.24) is 4.90 Å². The molecule has 1 aromatic carbocycles. The van der Waals surface area contributed by atoms with Crippen LogP contribution in [0.5, 0.6) is 0 Å². The van der Waals surface area contributed by atoms with E-state index in [0.717, 1.165) is 40.0 Å². The number of anilines is 1. The lowest BCUT2D eigenvalue weighted by Crippen LogP contribution is -2.44. The summed E-state index contributed by atoms with van der Waals surface area (Å²) < 4.78 is 4.66. The highest BCUT2D eigenvalue weighted by atomic mass is 32.2. The number of esters is 1. The third-order valence-electron chi connectivity index (χ3n) is 5.37. The van der Waals surface area contributed by atoms with Gasteiger partial charge in [0.15, 0.2) is 0 Å². The van der Waals surface area contributed by atoms with Crippen molar-refractivity contribution in [2.45, 2.75) is 46.2 Å². The molecule has 0 spiro atoms. The molecule has 2 aliphatic rings. The number of imide groups is 1. The van der Waals surface area contributed by atoms with Gasteiger partial charge in [0.25, 0.3) is 11.1 Å². The summed E-state index contributed by atoms with van der Waals surface area (Å²) in [7, 11) is 1.23. The summed E-state index contributed by atoms with van der Waals surface area (Å²) >= 11 is 0.842. The fourth-order valence-electron chi connectivity index (χ4n) is 4.01. The van der Waals surface area contributed by atoms with E-state index in [2.05, 4.69) is 49.5 Å². The highest BCUT2D eigenvalue weighted by Gasteiger charge is 2.41. The zero-order valence-corrected chi connectivity index (χ0v) is 18.4. The van der Waals surface area contributed by atoms with E-state index in [4.69, 9.17) is 0 Å². The number of hydrogen-bond acceptors (Lipinski definition) is 6. The number of nitrogens with zero attached hydrogens (tertiary/aromatic N) is 2. The summed E-state index contributed by atoms with van der Waals surface area (Å²) in [6.45, 7) is 11.0. The largest absolute Gasteiger partial charge is 0.467 e. The van der Waals surface area contributed by atoms with E-state index in [9.17, 15) is 14.4 Å². The van der Waals surface area contributed by atoms with Gasteiger partial charge in [-0.05, 0) is 75.7 Å². The molecule has 0 radical (unpaired) electrons. The van der Waals surface area contributed by atoms with Crippen LogP contribution in [-0.2, 0) is 14.3 Å². The first-order chi connectivity index (χ1) is 13.6. The number of carbonyl (C=O) groups excluding carboxylic acids is 3. The molecule has 0 aromatic heterocycles. The van der Waals surface area contributed by atoms with Crippen molar-refractivity contribution in [1.29, 1.82) is 0 Å². The van der Waals surface area contributed by atoms with E-state index < -0.39 is 23.2 Å². The molecule has 0 bridgehead atoms. The summed E-state index contributed by atoms with van der Waals surface area (Å²) in [4.78, 5) is 40.3. The fraction of sp³-hybridized carbons (Fsp3) is 0.409. The van der Waals surface area contributed by atoms with Crippen molar-refractivity contribution < 1.29 is 19.1 Å². The second-order valence-corrected chi connectivity index (χ2v) is 8.75. The van der Waals surface area contributed by atoms with Crippen LogP contribution in [0.25, 0.3) is 11.6 Å². The van der Waals surface area contributed by atoms with Gasteiger partial charge in [-0.1, -0.05) is 12.1 Å². The molecule has 1 atom stereocenters. The lowest BCUT2D eigenvalue weighted by molar-refractivity contribution is -0.148. The minimum atomic E-state index is -0.951. The minimum Gasteiger partial charge on any atom is -0.467 e. The quantitative estimate of drug-likeness (QED) is 0.540. The van der Waals surface area contributed by atoms with E-state index in [-0.39, 0.29) is 5.54 Å². The molecule has 1 saturated heterocycles. The molecule has 7 heteroatoms. The zero-order valence-electron chi connectivity index (χ0n) is 17.6. The smallest absolute Gasteiger partial charge is 0.328 e. The average molecular weight is 415 g/mol. The highest BCUT2D eigenvalue weighted by Crippen LogP contribution is 2.40. The zero-order chi connectivity index (χ0) is 21.5. The molecule has 6 nitrogen and oxygen atoms in total. The third kappa shape index (κ3) is 3.71. The number of fused-ring (bicyclic) bond motifs is 1. The molecule has 2 aliphatic heterocycles. The van der Waals surface area contributed by atoms with Gasteiger partial charge in [0, 0.05) is 17.8 Å². The van der Waals surface area contributed by atoms with Crippen LogP contribution < -0.4 is 4.90 Å². The Morgan fingerprint density at radius 3 is 2.62 bits per heavy atom. The van der Waals surface area contributed by atoms with E-state index in [0.29, 0.717) is 4.91 Å². The van der Waals surface area contributed by atoms with Crippen LogP contribution in [-0.4, -0.2) is 47.3 Å². The van der Waals surface area contributed by atoms with Crippen LogP contribution in [0, 0.1) is 0 Å². The maximum Gasteiger partial charge on any atom is 0.328 e. The monoisotopic (exact) mass is 414 g/mol. The molecule has 0 N–H and O–H groups in total. The number of rotatable bonds is 4.